The summed E-state index contributed by atoms with van der Waals surface area (Å²) < 4.78 is 29.3. The number of imidazole rings is 1. The highest BCUT2D eigenvalue weighted by atomic mass is 19.1. The lowest BCUT2D eigenvalue weighted by atomic mass is 10.00. The second kappa shape index (κ2) is 9.69. The molecule has 4 rings (SSSR count). The Morgan fingerprint density at radius 3 is 2.10 bits per heavy atom. The van der Waals surface area contributed by atoms with E-state index in [2.05, 4.69) is 0 Å². The monoisotopic (exact) mass is 541 g/mol. The van der Waals surface area contributed by atoms with Crippen molar-refractivity contribution in [3.05, 3.63) is 63.2 Å². The molecule has 39 heavy (non-hydrogen) atoms. The first-order chi connectivity index (χ1) is 18.0. The van der Waals surface area contributed by atoms with Gasteiger partial charge in [0.2, 0.25) is 0 Å². The third-order valence-electron chi connectivity index (χ3n) is 6.34. The number of aryl methyl sites for hydroxylation is 2. The van der Waals surface area contributed by atoms with Gasteiger partial charge in [-0.25, -0.2) is 28.0 Å². The van der Waals surface area contributed by atoms with Gasteiger partial charge in [-0.2, -0.15) is 5.10 Å². The zero-order chi connectivity index (χ0) is 29.0. The molecule has 0 fully saturated rings. The van der Waals surface area contributed by atoms with Crippen LogP contribution in [0.3, 0.4) is 0 Å². The van der Waals surface area contributed by atoms with Gasteiger partial charge in [0.15, 0.2) is 0 Å². The molecule has 3 aromatic rings. The highest BCUT2D eigenvalue weighted by Gasteiger charge is 2.37. The van der Waals surface area contributed by atoms with Crippen molar-refractivity contribution in [3.8, 4) is 11.5 Å². The van der Waals surface area contributed by atoms with Crippen LogP contribution < -0.4 is 5.69 Å². The van der Waals surface area contributed by atoms with Crippen molar-refractivity contribution in [2.24, 2.45) is 0 Å². The van der Waals surface area contributed by atoms with Crippen LogP contribution in [-0.4, -0.2) is 53.7 Å². The van der Waals surface area contributed by atoms with Crippen LogP contribution in [0.25, 0.3) is 11.5 Å². The van der Waals surface area contributed by atoms with Crippen LogP contribution in [-0.2, 0) is 15.9 Å². The summed E-state index contributed by atoms with van der Waals surface area (Å²) in [6, 6.07) is 2.79. The van der Waals surface area contributed by atoms with E-state index in [1.165, 1.54) is 17.0 Å². The van der Waals surface area contributed by atoms with E-state index in [0.29, 0.717) is 46.9 Å². The summed E-state index contributed by atoms with van der Waals surface area (Å²) in [6.45, 7) is 16.1. The smallest absolute Gasteiger partial charge is 0.422 e. The molecule has 0 N–H and O–H groups in total. The quantitative estimate of drug-likeness (QED) is 0.441. The van der Waals surface area contributed by atoms with Crippen LogP contribution in [0.15, 0.2) is 29.3 Å². The SMILES string of the molecule is Cc1cc(-n2nc3c(c2-n2ccn(C(=O)OC(C)(C)C)c2=O)[C@H](C)N(C(=O)OC(C)(C)C)CC3)cc(C)c1F. The summed E-state index contributed by atoms with van der Waals surface area (Å²) in [5.41, 5.74) is 0.566. The standard InChI is InChI=1S/C28H36FN5O5/c1-16-14-19(15-17(2)22(16)29)34-23(32-12-13-33(24(32)35)26(37)39-28(7,8)9)21-18(3)31(11-10-20(21)30-34)25(36)38-27(4,5)6/h12-15,18H,10-11H2,1-9H3/t18-/m0/s1. The molecule has 0 radical (unpaired) electrons. The van der Waals surface area contributed by atoms with Gasteiger partial charge < -0.3 is 14.4 Å². The number of carbonyl (C=O) groups excluding carboxylic acids is 2. The maximum Gasteiger partial charge on any atom is 0.422 e. The third kappa shape index (κ3) is 5.48. The van der Waals surface area contributed by atoms with E-state index >= 15 is 0 Å². The maximum atomic E-state index is 14.5. The van der Waals surface area contributed by atoms with Crippen LogP contribution in [0, 0.1) is 19.7 Å². The van der Waals surface area contributed by atoms with Crippen molar-refractivity contribution >= 4 is 12.2 Å². The zero-order valence-electron chi connectivity index (χ0n) is 24.0. The minimum absolute atomic E-state index is 0.324. The Hall–Kier alpha value is -3.89. The van der Waals surface area contributed by atoms with Crippen molar-refractivity contribution in [3.63, 3.8) is 0 Å². The van der Waals surface area contributed by atoms with Crippen molar-refractivity contribution in [1.29, 1.82) is 0 Å². The molecule has 1 aromatic carbocycles. The van der Waals surface area contributed by atoms with Crippen molar-refractivity contribution in [1.82, 2.24) is 23.8 Å². The fourth-order valence-electron chi connectivity index (χ4n) is 4.67. The highest BCUT2D eigenvalue weighted by Crippen LogP contribution is 2.36. The number of fused-ring (bicyclic) bond motifs is 1. The number of benzene rings is 1. The van der Waals surface area contributed by atoms with Gasteiger partial charge in [0, 0.05) is 30.9 Å². The molecular formula is C28H36FN5O5. The number of rotatable bonds is 2. The molecule has 1 aliphatic heterocycles. The van der Waals surface area contributed by atoms with E-state index in [-0.39, 0.29) is 5.82 Å². The highest BCUT2D eigenvalue weighted by molar-refractivity contribution is 5.71. The molecule has 0 spiro atoms. The number of aromatic nitrogens is 4. The first-order valence-electron chi connectivity index (χ1n) is 12.9. The molecule has 2 aromatic heterocycles. The summed E-state index contributed by atoms with van der Waals surface area (Å²) in [7, 11) is 0. The predicted octanol–water partition coefficient (Wildman–Crippen LogP) is 5.22. The number of hydrogen-bond acceptors (Lipinski definition) is 6. The third-order valence-corrected chi connectivity index (χ3v) is 6.34. The second-order valence-electron chi connectivity index (χ2n) is 11.9. The average molecular weight is 542 g/mol. The number of hydrogen-bond donors (Lipinski definition) is 0. The first kappa shape index (κ1) is 28.1. The van der Waals surface area contributed by atoms with Gasteiger partial charge in [-0.15, -0.1) is 0 Å². The lowest BCUT2D eigenvalue weighted by molar-refractivity contribution is 0.0159. The van der Waals surface area contributed by atoms with Gasteiger partial charge in [-0.05, 0) is 85.6 Å². The van der Waals surface area contributed by atoms with E-state index < -0.39 is 35.1 Å². The second-order valence-corrected chi connectivity index (χ2v) is 11.9. The van der Waals surface area contributed by atoms with Gasteiger partial charge in [-0.1, -0.05) is 0 Å². The summed E-state index contributed by atoms with van der Waals surface area (Å²) in [5.74, 6) is 0.0263. The van der Waals surface area contributed by atoms with Crippen LogP contribution in [0.1, 0.15) is 76.9 Å². The van der Waals surface area contributed by atoms with Gasteiger partial charge in [0.05, 0.1) is 17.4 Å². The topological polar surface area (TPSA) is 101 Å². The van der Waals surface area contributed by atoms with E-state index in [1.54, 1.807) is 77.1 Å². The minimum atomic E-state index is -0.817. The number of halogens is 1. The molecule has 210 valence electrons. The number of amides is 1. The van der Waals surface area contributed by atoms with Crippen LogP contribution in [0.5, 0.6) is 0 Å². The maximum absolute atomic E-state index is 14.5. The molecule has 3 heterocycles. The summed E-state index contributed by atoms with van der Waals surface area (Å²) in [5, 5.41) is 4.81. The molecule has 0 saturated heterocycles. The number of ether oxygens (including phenoxy) is 2. The van der Waals surface area contributed by atoms with E-state index in [0.717, 1.165) is 4.57 Å². The van der Waals surface area contributed by atoms with Gasteiger partial charge in [0.1, 0.15) is 22.8 Å². The van der Waals surface area contributed by atoms with Gasteiger partial charge >= 0.3 is 17.9 Å². The molecule has 0 unspecified atom stereocenters. The molecule has 0 saturated carbocycles. The van der Waals surface area contributed by atoms with Gasteiger partial charge in [0.25, 0.3) is 0 Å². The fraction of sp³-hybridized carbons (Fsp3) is 0.500. The fourth-order valence-corrected chi connectivity index (χ4v) is 4.67. The molecule has 0 bridgehead atoms. The largest absolute Gasteiger partial charge is 0.444 e. The van der Waals surface area contributed by atoms with Crippen LogP contribution >= 0.6 is 0 Å². The lowest BCUT2D eigenvalue weighted by Crippen LogP contribution is -2.42. The number of carbonyl (C=O) groups is 2. The van der Waals surface area contributed by atoms with Crippen LogP contribution in [0.4, 0.5) is 14.0 Å². The molecule has 1 aliphatic rings. The molecular weight excluding hydrogens is 505 g/mol. The molecule has 1 atom stereocenters. The summed E-state index contributed by atoms with van der Waals surface area (Å²) >= 11 is 0. The first-order valence-corrected chi connectivity index (χ1v) is 12.9. The van der Waals surface area contributed by atoms with Gasteiger partial charge in [-0.3, -0.25) is 4.57 Å². The van der Waals surface area contributed by atoms with Crippen molar-refractivity contribution in [2.75, 3.05) is 6.54 Å². The normalized spacial score (nSPS) is 15.7. The van der Waals surface area contributed by atoms with Crippen LogP contribution in [0.2, 0.25) is 0 Å². The van der Waals surface area contributed by atoms with E-state index in [1.807, 2.05) is 6.92 Å². The molecule has 10 nitrogen and oxygen atoms in total. The van der Waals surface area contributed by atoms with Crippen molar-refractivity contribution < 1.29 is 23.5 Å². The minimum Gasteiger partial charge on any atom is -0.444 e. The Labute approximate surface area is 226 Å². The Balaban J connectivity index is 1.92. The zero-order valence-corrected chi connectivity index (χ0v) is 24.0. The predicted molar refractivity (Wildman–Crippen MR) is 143 cm³/mol. The summed E-state index contributed by atoms with van der Waals surface area (Å²) in [6.07, 6.45) is 1.91. The summed E-state index contributed by atoms with van der Waals surface area (Å²) in [4.78, 5) is 41.0. The van der Waals surface area contributed by atoms with E-state index in [4.69, 9.17) is 14.6 Å². The average Bonchev–Trinajstić information content (AvgIpc) is 3.35. The Morgan fingerprint density at radius 1 is 0.974 bits per heavy atom. The molecule has 0 aliphatic carbocycles. The Bertz CT molecular complexity index is 1480. The Morgan fingerprint density at radius 2 is 1.54 bits per heavy atom. The molecule has 11 heteroatoms. The Kier molecular flexibility index (Phi) is 6.99. The van der Waals surface area contributed by atoms with Crippen molar-refractivity contribution in [2.45, 2.75) is 86.0 Å². The molecule has 1 amide bonds. The lowest BCUT2D eigenvalue weighted by Gasteiger charge is -2.34. The number of nitrogens with zero attached hydrogens (tertiary/aromatic N) is 5. The van der Waals surface area contributed by atoms with E-state index in [9.17, 15) is 18.8 Å².